The third kappa shape index (κ3) is 5.28. The summed E-state index contributed by atoms with van der Waals surface area (Å²) in [5, 5.41) is 4.14. The Balaban J connectivity index is 1.79. The smallest absolute Gasteiger partial charge is 0.0950 e. The molecule has 1 saturated heterocycles. The second-order valence-corrected chi connectivity index (χ2v) is 8.38. The van der Waals surface area contributed by atoms with E-state index in [1.165, 1.54) is 16.7 Å². The lowest BCUT2D eigenvalue weighted by Crippen LogP contribution is -2.54. The lowest BCUT2D eigenvalue weighted by atomic mass is 9.76. The zero-order chi connectivity index (χ0) is 22.1. The lowest BCUT2D eigenvalue weighted by molar-refractivity contribution is 0.0302. The van der Waals surface area contributed by atoms with Gasteiger partial charge in [-0.3, -0.25) is 10.2 Å². The van der Waals surface area contributed by atoms with Gasteiger partial charge in [-0.05, 0) is 23.1 Å². The largest absolute Gasteiger partial charge is 0.385 e. The number of benzene rings is 3. The zero-order valence-corrected chi connectivity index (χ0v) is 19.0. The first kappa shape index (κ1) is 22.7. The van der Waals surface area contributed by atoms with E-state index in [0.29, 0.717) is 0 Å². The molecule has 1 fully saturated rings. The highest BCUT2D eigenvalue weighted by atomic mass is 16.5. The van der Waals surface area contributed by atoms with Crippen LogP contribution in [-0.2, 0) is 15.0 Å². The van der Waals surface area contributed by atoms with Crippen molar-refractivity contribution in [2.45, 2.75) is 18.0 Å². The first-order valence-electron chi connectivity index (χ1n) is 11.6. The molecule has 3 aromatic rings. The van der Waals surface area contributed by atoms with Crippen LogP contribution in [0.5, 0.6) is 0 Å². The van der Waals surface area contributed by atoms with E-state index in [9.17, 15) is 0 Å². The minimum absolute atomic E-state index is 0.244. The van der Waals surface area contributed by atoms with Crippen molar-refractivity contribution in [2.75, 3.05) is 46.6 Å². The molecule has 1 atom stereocenters. The van der Waals surface area contributed by atoms with Gasteiger partial charge in [-0.2, -0.15) is 0 Å². The molecule has 1 N–H and O–H groups in total. The van der Waals surface area contributed by atoms with Gasteiger partial charge in [-0.15, -0.1) is 0 Å². The van der Waals surface area contributed by atoms with Crippen molar-refractivity contribution < 1.29 is 9.47 Å². The summed E-state index contributed by atoms with van der Waals surface area (Å²) in [6, 6.07) is 32.7. The number of nitrogens with zero attached hydrogens (tertiary/aromatic N) is 1. The Morgan fingerprint density at radius 2 is 1.28 bits per heavy atom. The molecule has 4 heteroatoms. The number of rotatable bonds is 10. The number of methoxy groups -OCH3 is 1. The standard InChI is InChI=1S/C28H34N2O2/c1-31-20-17-27(23-30-18-21-32-22-19-30)29-28(24-11-5-2-6-12-24,25-13-7-3-8-14-25)26-15-9-4-10-16-26/h2-16,27,29H,17-23H2,1H3/t27-/m0/s1. The Morgan fingerprint density at radius 1 is 0.812 bits per heavy atom. The van der Waals surface area contributed by atoms with Crippen LogP contribution in [0.1, 0.15) is 23.1 Å². The summed E-state index contributed by atoms with van der Waals surface area (Å²) in [4.78, 5) is 2.50. The van der Waals surface area contributed by atoms with Crippen LogP contribution in [0.4, 0.5) is 0 Å². The quantitative estimate of drug-likeness (QED) is 0.486. The SMILES string of the molecule is COCC[C@@H](CN1CCOCC1)NC(c1ccccc1)(c1ccccc1)c1ccccc1. The maximum Gasteiger partial charge on any atom is 0.0950 e. The van der Waals surface area contributed by atoms with Crippen molar-refractivity contribution in [3.05, 3.63) is 108 Å². The highest BCUT2D eigenvalue weighted by Gasteiger charge is 2.38. The topological polar surface area (TPSA) is 33.7 Å². The third-order valence-electron chi connectivity index (χ3n) is 6.29. The van der Waals surface area contributed by atoms with Crippen molar-refractivity contribution in [1.82, 2.24) is 10.2 Å². The molecule has 0 spiro atoms. The van der Waals surface area contributed by atoms with Gasteiger partial charge in [0.1, 0.15) is 0 Å². The predicted octanol–water partition coefficient (Wildman–Crippen LogP) is 4.31. The van der Waals surface area contributed by atoms with Crippen LogP contribution in [-0.4, -0.2) is 57.5 Å². The summed E-state index contributed by atoms with van der Waals surface area (Å²) in [6.07, 6.45) is 0.933. The van der Waals surface area contributed by atoms with E-state index in [-0.39, 0.29) is 6.04 Å². The van der Waals surface area contributed by atoms with Gasteiger partial charge in [0.05, 0.1) is 18.8 Å². The first-order chi connectivity index (χ1) is 15.8. The third-order valence-corrected chi connectivity index (χ3v) is 6.29. The second-order valence-electron chi connectivity index (χ2n) is 8.38. The highest BCUT2D eigenvalue weighted by molar-refractivity contribution is 5.49. The monoisotopic (exact) mass is 430 g/mol. The molecule has 0 bridgehead atoms. The van der Waals surface area contributed by atoms with Crippen LogP contribution in [0.15, 0.2) is 91.0 Å². The normalized spacial score (nSPS) is 16.0. The Bertz CT molecular complexity index is 815. The van der Waals surface area contributed by atoms with Gasteiger partial charge in [-0.1, -0.05) is 91.0 Å². The molecule has 0 aliphatic carbocycles. The molecular weight excluding hydrogens is 396 g/mol. The van der Waals surface area contributed by atoms with Crippen LogP contribution in [0.25, 0.3) is 0 Å². The number of morpholine rings is 1. The second kappa shape index (κ2) is 11.4. The zero-order valence-electron chi connectivity index (χ0n) is 19.0. The number of hydrogen-bond donors (Lipinski definition) is 1. The van der Waals surface area contributed by atoms with Crippen molar-refractivity contribution in [2.24, 2.45) is 0 Å². The minimum atomic E-state index is -0.464. The fraction of sp³-hybridized carbons (Fsp3) is 0.357. The lowest BCUT2D eigenvalue weighted by Gasteiger charge is -2.42. The van der Waals surface area contributed by atoms with Crippen LogP contribution >= 0.6 is 0 Å². The Labute approximate surface area is 192 Å². The Hall–Kier alpha value is -2.50. The van der Waals surface area contributed by atoms with Gasteiger partial charge in [0.25, 0.3) is 0 Å². The molecule has 0 aromatic heterocycles. The molecule has 4 rings (SSSR count). The Kier molecular flexibility index (Phi) is 8.07. The molecule has 0 amide bonds. The summed E-state index contributed by atoms with van der Waals surface area (Å²) >= 11 is 0. The molecule has 0 radical (unpaired) electrons. The van der Waals surface area contributed by atoms with Crippen LogP contribution in [0.2, 0.25) is 0 Å². The average Bonchev–Trinajstić information content (AvgIpc) is 2.88. The van der Waals surface area contributed by atoms with E-state index in [0.717, 1.165) is 45.9 Å². The molecule has 1 aliphatic rings. The number of hydrogen-bond acceptors (Lipinski definition) is 4. The molecule has 3 aromatic carbocycles. The van der Waals surface area contributed by atoms with Gasteiger partial charge in [0.2, 0.25) is 0 Å². The predicted molar refractivity (Wildman–Crippen MR) is 130 cm³/mol. The first-order valence-corrected chi connectivity index (χ1v) is 11.6. The van der Waals surface area contributed by atoms with Crippen LogP contribution in [0, 0.1) is 0 Å². The maximum atomic E-state index is 5.58. The summed E-state index contributed by atoms with van der Waals surface area (Å²) in [5.74, 6) is 0. The van der Waals surface area contributed by atoms with Gasteiger partial charge >= 0.3 is 0 Å². The summed E-state index contributed by atoms with van der Waals surface area (Å²) in [6.45, 7) is 5.23. The summed E-state index contributed by atoms with van der Waals surface area (Å²) in [5.41, 5.74) is 3.25. The van der Waals surface area contributed by atoms with Crippen molar-refractivity contribution >= 4 is 0 Å². The van der Waals surface area contributed by atoms with Crippen molar-refractivity contribution in [3.63, 3.8) is 0 Å². The molecule has 0 saturated carbocycles. The minimum Gasteiger partial charge on any atom is -0.385 e. The van der Waals surface area contributed by atoms with E-state index >= 15 is 0 Å². The van der Waals surface area contributed by atoms with Gasteiger partial charge in [0, 0.05) is 39.4 Å². The highest BCUT2D eigenvalue weighted by Crippen LogP contribution is 2.37. The maximum absolute atomic E-state index is 5.58. The summed E-state index contributed by atoms with van der Waals surface area (Å²) in [7, 11) is 1.78. The van der Waals surface area contributed by atoms with E-state index in [1.54, 1.807) is 7.11 Å². The van der Waals surface area contributed by atoms with Crippen LogP contribution in [0.3, 0.4) is 0 Å². The molecule has 1 heterocycles. The average molecular weight is 431 g/mol. The summed E-state index contributed by atoms with van der Waals surface area (Å²) < 4.78 is 11.1. The van der Waals surface area contributed by atoms with Gasteiger partial charge in [0.15, 0.2) is 0 Å². The van der Waals surface area contributed by atoms with Crippen molar-refractivity contribution in [3.8, 4) is 0 Å². The molecule has 32 heavy (non-hydrogen) atoms. The fourth-order valence-electron chi connectivity index (χ4n) is 4.69. The van der Waals surface area contributed by atoms with Crippen molar-refractivity contribution in [1.29, 1.82) is 0 Å². The van der Waals surface area contributed by atoms with E-state index < -0.39 is 5.54 Å². The number of ether oxygens (including phenoxy) is 2. The van der Waals surface area contributed by atoms with Gasteiger partial charge < -0.3 is 9.47 Å². The Morgan fingerprint density at radius 3 is 1.72 bits per heavy atom. The molecular formula is C28H34N2O2. The van der Waals surface area contributed by atoms with Gasteiger partial charge in [-0.25, -0.2) is 0 Å². The molecule has 4 nitrogen and oxygen atoms in total. The van der Waals surface area contributed by atoms with E-state index in [4.69, 9.17) is 9.47 Å². The van der Waals surface area contributed by atoms with E-state index in [2.05, 4.69) is 101 Å². The molecule has 1 aliphatic heterocycles. The molecule has 0 unspecified atom stereocenters. The molecule has 168 valence electrons. The van der Waals surface area contributed by atoms with Crippen LogP contribution < -0.4 is 5.32 Å². The van der Waals surface area contributed by atoms with E-state index in [1.807, 2.05) is 0 Å². The fourth-order valence-corrected chi connectivity index (χ4v) is 4.69. The number of nitrogens with one attached hydrogen (secondary N) is 1.